The third-order valence-corrected chi connectivity index (χ3v) is 6.23. The van der Waals surface area contributed by atoms with Crippen LogP contribution >= 0.6 is 0 Å². The van der Waals surface area contributed by atoms with Gasteiger partial charge in [0.25, 0.3) is 5.91 Å². The van der Waals surface area contributed by atoms with Crippen molar-refractivity contribution in [3.8, 4) is 11.5 Å². The Morgan fingerprint density at radius 2 is 1.57 bits per heavy atom. The van der Waals surface area contributed by atoms with Crippen LogP contribution in [0, 0.1) is 0 Å². The molecule has 7 heteroatoms. The average molecular weight is 426 g/mol. The molecule has 3 aromatic rings. The fourth-order valence-corrected chi connectivity index (χ4v) is 4.18. The number of sulfone groups is 1. The van der Waals surface area contributed by atoms with Crippen LogP contribution in [0.1, 0.15) is 15.9 Å². The van der Waals surface area contributed by atoms with Gasteiger partial charge in [-0.3, -0.25) is 4.79 Å². The first-order valence-corrected chi connectivity index (χ1v) is 10.7. The molecular weight excluding hydrogens is 402 g/mol. The Morgan fingerprint density at radius 3 is 2.23 bits per heavy atom. The fourth-order valence-electron chi connectivity index (χ4n) is 2.86. The molecule has 0 bridgehead atoms. The Kier molecular flexibility index (Phi) is 6.42. The van der Waals surface area contributed by atoms with E-state index in [4.69, 9.17) is 9.47 Å². The molecule has 0 aliphatic carbocycles. The number of carbonyl (C=O) groups excluding carboxylic acids is 1. The zero-order chi connectivity index (χ0) is 21.7. The molecule has 0 aromatic heterocycles. The predicted octanol–water partition coefficient (Wildman–Crippen LogP) is 3.81. The normalized spacial score (nSPS) is 11.0. The van der Waals surface area contributed by atoms with Crippen LogP contribution in [-0.4, -0.2) is 40.4 Å². The highest BCUT2D eigenvalue weighted by Crippen LogP contribution is 2.33. The van der Waals surface area contributed by atoms with Gasteiger partial charge in [0.05, 0.1) is 16.9 Å². The van der Waals surface area contributed by atoms with Gasteiger partial charge in [-0.25, -0.2) is 8.42 Å². The maximum Gasteiger partial charge on any atom is 0.253 e. The van der Waals surface area contributed by atoms with Gasteiger partial charge in [0, 0.05) is 25.7 Å². The number of benzene rings is 3. The minimum Gasteiger partial charge on any atom is -0.493 e. The zero-order valence-electron chi connectivity index (χ0n) is 17.0. The number of methoxy groups -OCH3 is 1. The topological polar surface area (TPSA) is 72.9 Å². The van der Waals surface area contributed by atoms with Crippen molar-refractivity contribution in [2.24, 2.45) is 0 Å². The first-order valence-electron chi connectivity index (χ1n) is 9.24. The summed E-state index contributed by atoms with van der Waals surface area (Å²) < 4.78 is 37.4. The molecule has 0 N–H and O–H groups in total. The summed E-state index contributed by atoms with van der Waals surface area (Å²) in [6, 6.07) is 20.1. The molecule has 3 aromatic carbocycles. The van der Waals surface area contributed by atoms with Gasteiger partial charge < -0.3 is 14.4 Å². The zero-order valence-corrected chi connectivity index (χ0v) is 17.8. The van der Waals surface area contributed by atoms with E-state index in [0.717, 1.165) is 5.56 Å². The van der Waals surface area contributed by atoms with Crippen LogP contribution < -0.4 is 9.47 Å². The van der Waals surface area contributed by atoms with Crippen LogP contribution in [0.5, 0.6) is 11.5 Å². The lowest BCUT2D eigenvalue weighted by atomic mass is 10.2. The van der Waals surface area contributed by atoms with Crippen LogP contribution in [0.2, 0.25) is 0 Å². The van der Waals surface area contributed by atoms with E-state index in [-0.39, 0.29) is 15.7 Å². The van der Waals surface area contributed by atoms with Crippen molar-refractivity contribution < 1.29 is 22.7 Å². The van der Waals surface area contributed by atoms with E-state index in [1.54, 1.807) is 32.3 Å². The lowest BCUT2D eigenvalue weighted by molar-refractivity contribution is 0.0827. The summed E-state index contributed by atoms with van der Waals surface area (Å²) in [4.78, 5) is 13.7. The second kappa shape index (κ2) is 9.00. The Morgan fingerprint density at radius 1 is 0.867 bits per heavy atom. The Labute approximate surface area is 176 Å². The van der Waals surface area contributed by atoms with Crippen molar-refractivity contribution in [1.29, 1.82) is 0 Å². The molecule has 0 atom stereocenters. The third kappa shape index (κ3) is 4.63. The molecule has 0 heterocycles. The van der Waals surface area contributed by atoms with E-state index in [0.29, 0.717) is 23.7 Å². The largest absolute Gasteiger partial charge is 0.493 e. The van der Waals surface area contributed by atoms with E-state index in [2.05, 4.69) is 0 Å². The first kappa shape index (κ1) is 21.4. The number of ether oxygens (including phenoxy) is 2. The number of carbonyl (C=O) groups is 1. The second-order valence-electron chi connectivity index (χ2n) is 6.82. The molecular formula is C23H23NO5S. The van der Waals surface area contributed by atoms with E-state index >= 15 is 0 Å². The maximum atomic E-state index is 13.1. The van der Waals surface area contributed by atoms with Gasteiger partial charge in [-0.15, -0.1) is 0 Å². The molecule has 6 nitrogen and oxygen atoms in total. The maximum absolute atomic E-state index is 13.1. The third-order valence-electron chi connectivity index (χ3n) is 4.48. The van der Waals surface area contributed by atoms with Crippen LogP contribution in [-0.2, 0) is 16.4 Å². The molecule has 0 saturated carbocycles. The summed E-state index contributed by atoms with van der Waals surface area (Å²) in [6.45, 7) is 0.331. The smallest absolute Gasteiger partial charge is 0.253 e. The van der Waals surface area contributed by atoms with Crippen molar-refractivity contribution in [2.45, 2.75) is 16.4 Å². The van der Waals surface area contributed by atoms with Crippen molar-refractivity contribution in [3.05, 3.63) is 83.9 Å². The minimum atomic E-state index is -3.84. The number of amides is 1. The van der Waals surface area contributed by atoms with Gasteiger partial charge in [0.1, 0.15) is 6.61 Å². The first-order chi connectivity index (χ1) is 14.3. The highest BCUT2D eigenvalue weighted by atomic mass is 32.2. The molecule has 0 aliphatic heterocycles. The molecule has 3 rings (SSSR count). The van der Waals surface area contributed by atoms with E-state index < -0.39 is 9.84 Å². The minimum absolute atomic E-state index is 0.0372. The molecule has 30 heavy (non-hydrogen) atoms. The predicted molar refractivity (Wildman–Crippen MR) is 114 cm³/mol. The lowest BCUT2D eigenvalue weighted by Gasteiger charge is -2.14. The molecule has 0 unspecified atom stereocenters. The van der Waals surface area contributed by atoms with E-state index in [1.165, 1.54) is 36.3 Å². The van der Waals surface area contributed by atoms with Gasteiger partial charge in [-0.1, -0.05) is 36.4 Å². The van der Waals surface area contributed by atoms with E-state index in [9.17, 15) is 13.2 Å². The number of hydrogen-bond donors (Lipinski definition) is 0. The van der Waals surface area contributed by atoms with Gasteiger partial charge >= 0.3 is 0 Å². The Bertz CT molecular complexity index is 1140. The highest BCUT2D eigenvalue weighted by Gasteiger charge is 2.21. The number of nitrogens with zero attached hydrogens (tertiary/aromatic N) is 1. The van der Waals surface area contributed by atoms with Crippen molar-refractivity contribution >= 4 is 15.7 Å². The quantitative estimate of drug-likeness (QED) is 0.576. The summed E-state index contributed by atoms with van der Waals surface area (Å²) in [6.07, 6.45) is 0. The lowest BCUT2D eigenvalue weighted by Crippen LogP contribution is -2.21. The number of hydrogen-bond acceptors (Lipinski definition) is 5. The summed E-state index contributed by atoms with van der Waals surface area (Å²) in [7, 11) is 0.840. The second-order valence-corrected chi connectivity index (χ2v) is 8.77. The molecule has 0 fully saturated rings. The van der Waals surface area contributed by atoms with E-state index in [1.807, 2.05) is 30.3 Å². The SMILES string of the molecule is COc1cc(S(=O)(=O)c2cccc(C(=O)N(C)C)c2)ccc1OCc1ccccc1. The van der Waals surface area contributed by atoms with Crippen LogP contribution in [0.4, 0.5) is 0 Å². The van der Waals surface area contributed by atoms with Crippen LogP contribution in [0.25, 0.3) is 0 Å². The van der Waals surface area contributed by atoms with Crippen molar-refractivity contribution in [3.63, 3.8) is 0 Å². The van der Waals surface area contributed by atoms with Crippen LogP contribution in [0.3, 0.4) is 0 Å². The fraction of sp³-hybridized carbons (Fsp3) is 0.174. The van der Waals surface area contributed by atoms with Crippen LogP contribution in [0.15, 0.2) is 82.6 Å². The molecule has 0 spiro atoms. The van der Waals surface area contributed by atoms with Crippen molar-refractivity contribution in [1.82, 2.24) is 4.90 Å². The molecule has 0 radical (unpaired) electrons. The monoisotopic (exact) mass is 425 g/mol. The van der Waals surface area contributed by atoms with Crippen molar-refractivity contribution in [2.75, 3.05) is 21.2 Å². The van der Waals surface area contributed by atoms with Gasteiger partial charge in [0.2, 0.25) is 9.84 Å². The number of rotatable bonds is 7. The Hall–Kier alpha value is -3.32. The standard InChI is InChI=1S/C23H23NO5S/c1-24(2)23(25)18-10-7-11-19(14-18)30(26,27)20-12-13-21(22(15-20)28-3)29-16-17-8-5-4-6-9-17/h4-15H,16H2,1-3H3. The molecule has 0 saturated heterocycles. The summed E-state index contributed by atoms with van der Waals surface area (Å²) >= 11 is 0. The Balaban J connectivity index is 1.89. The molecule has 0 aliphatic rings. The van der Waals surface area contributed by atoms with Gasteiger partial charge in [0.15, 0.2) is 11.5 Å². The summed E-state index contributed by atoms with van der Waals surface area (Å²) in [5.41, 5.74) is 1.29. The summed E-state index contributed by atoms with van der Waals surface area (Å²) in [5.74, 6) is 0.485. The average Bonchev–Trinajstić information content (AvgIpc) is 2.77. The summed E-state index contributed by atoms with van der Waals surface area (Å²) in [5, 5.41) is 0. The molecule has 156 valence electrons. The highest BCUT2D eigenvalue weighted by molar-refractivity contribution is 7.91. The molecule has 1 amide bonds. The van der Waals surface area contributed by atoms with Gasteiger partial charge in [-0.2, -0.15) is 0 Å². The van der Waals surface area contributed by atoms with Gasteiger partial charge in [-0.05, 0) is 35.9 Å².